The molecule has 436 valence electrons. The first-order chi connectivity index (χ1) is 36.5. The molecule has 0 saturated carbocycles. The van der Waals surface area contributed by atoms with Gasteiger partial charge in [-0.2, -0.15) is 0 Å². The van der Waals surface area contributed by atoms with Gasteiger partial charge in [0, 0.05) is 19.3 Å². The minimum absolute atomic E-state index is 0.0674. The molecule has 0 bridgehead atoms. The van der Waals surface area contributed by atoms with E-state index < -0.39 is 6.10 Å². The monoisotopic (exact) mass is 1040 g/mol. The molecule has 0 aromatic heterocycles. The lowest BCUT2D eigenvalue weighted by Crippen LogP contribution is -2.30. The van der Waals surface area contributed by atoms with Crippen LogP contribution in [-0.4, -0.2) is 37.2 Å². The van der Waals surface area contributed by atoms with Gasteiger partial charge in [-0.15, -0.1) is 0 Å². The minimum atomic E-state index is -0.769. The Morgan fingerprint density at radius 1 is 0.257 bits per heavy atom. The van der Waals surface area contributed by atoms with Crippen molar-refractivity contribution in [3.05, 3.63) is 24.3 Å². The fourth-order valence-corrected chi connectivity index (χ4v) is 10.1. The molecule has 1 atom stereocenters. The van der Waals surface area contributed by atoms with Gasteiger partial charge in [-0.05, 0) is 70.6 Å². The molecule has 0 aliphatic carbocycles. The van der Waals surface area contributed by atoms with Gasteiger partial charge >= 0.3 is 17.9 Å². The Labute approximate surface area is 462 Å². The van der Waals surface area contributed by atoms with Crippen molar-refractivity contribution in [2.45, 2.75) is 380 Å². The summed E-state index contributed by atoms with van der Waals surface area (Å²) in [7, 11) is 0. The Bertz CT molecular complexity index is 1190. The summed E-state index contributed by atoms with van der Waals surface area (Å²) in [4.78, 5) is 38.2. The SMILES string of the molecule is CCCCCCCC/C=C\CCCCCCCCCC(=O)OC(COC(=O)CCCCCCCCCCCC)COC(=O)CCCCCCCCCCCCCCCCCCC/C=C\CCCCCCCCCC. The van der Waals surface area contributed by atoms with Gasteiger partial charge in [0.15, 0.2) is 6.10 Å². The van der Waals surface area contributed by atoms with Crippen LogP contribution in [-0.2, 0) is 28.6 Å². The Hall–Kier alpha value is -2.11. The second-order valence-corrected chi connectivity index (χ2v) is 22.7. The second kappa shape index (κ2) is 63.4. The first-order valence-electron chi connectivity index (χ1n) is 33.3. The van der Waals surface area contributed by atoms with E-state index in [1.165, 1.54) is 276 Å². The maximum absolute atomic E-state index is 12.9. The van der Waals surface area contributed by atoms with Crippen molar-refractivity contribution in [1.82, 2.24) is 0 Å². The lowest BCUT2D eigenvalue weighted by atomic mass is 10.0. The van der Waals surface area contributed by atoms with Crippen LogP contribution in [0.15, 0.2) is 24.3 Å². The van der Waals surface area contributed by atoms with Crippen LogP contribution in [0.25, 0.3) is 0 Å². The molecule has 0 aromatic rings. The van der Waals surface area contributed by atoms with Gasteiger partial charge in [0.1, 0.15) is 13.2 Å². The summed E-state index contributed by atoms with van der Waals surface area (Å²) < 4.78 is 16.9. The number of carbonyl (C=O) groups excluding carboxylic acids is 3. The van der Waals surface area contributed by atoms with Crippen LogP contribution in [0.1, 0.15) is 374 Å². The number of ether oxygens (including phenoxy) is 3. The van der Waals surface area contributed by atoms with E-state index in [0.29, 0.717) is 19.3 Å². The summed E-state index contributed by atoms with van der Waals surface area (Å²) >= 11 is 0. The summed E-state index contributed by atoms with van der Waals surface area (Å²) in [6.07, 6.45) is 76.4. The quantitative estimate of drug-likeness (QED) is 0.0261. The first kappa shape index (κ1) is 71.9. The number of esters is 3. The van der Waals surface area contributed by atoms with Gasteiger partial charge in [-0.1, -0.05) is 308 Å². The summed E-state index contributed by atoms with van der Waals surface area (Å²) in [5.41, 5.74) is 0. The van der Waals surface area contributed by atoms with Crippen molar-refractivity contribution >= 4 is 17.9 Å². The average Bonchev–Trinajstić information content (AvgIpc) is 3.40. The fraction of sp³-hybridized carbons (Fsp3) is 0.897. The standard InChI is InChI=1S/C68H128O6/c1-4-7-10-13-16-19-22-24-26-28-29-30-31-32-33-34-35-36-37-38-39-41-42-44-46-49-52-55-58-61-67(70)73-64-65(63-72-66(69)60-57-54-51-48-21-18-15-12-9-6-3)74-68(71)62-59-56-53-50-47-45-43-40-27-25-23-20-17-14-11-8-5-2/h25,27-29,65H,4-24,26,30-64H2,1-3H3/b27-25-,29-28-. The van der Waals surface area contributed by atoms with Gasteiger partial charge < -0.3 is 14.2 Å². The molecule has 0 rings (SSSR count). The highest BCUT2D eigenvalue weighted by atomic mass is 16.6. The molecule has 0 saturated heterocycles. The van der Waals surface area contributed by atoms with E-state index in [0.717, 1.165) is 57.8 Å². The van der Waals surface area contributed by atoms with Gasteiger partial charge in [0.05, 0.1) is 0 Å². The number of hydrogen-bond acceptors (Lipinski definition) is 6. The van der Waals surface area contributed by atoms with Crippen LogP contribution in [0.3, 0.4) is 0 Å². The molecule has 0 aromatic carbocycles. The molecule has 6 nitrogen and oxygen atoms in total. The highest BCUT2D eigenvalue weighted by Gasteiger charge is 2.19. The molecular formula is C68H128O6. The molecule has 6 heteroatoms. The number of hydrogen-bond donors (Lipinski definition) is 0. The topological polar surface area (TPSA) is 78.9 Å². The molecule has 0 N–H and O–H groups in total. The van der Waals surface area contributed by atoms with E-state index in [1.54, 1.807) is 0 Å². The highest BCUT2D eigenvalue weighted by Crippen LogP contribution is 2.18. The summed E-state index contributed by atoms with van der Waals surface area (Å²) in [5.74, 6) is -0.848. The van der Waals surface area contributed by atoms with Crippen molar-refractivity contribution in [1.29, 1.82) is 0 Å². The molecule has 0 spiro atoms. The summed E-state index contributed by atoms with van der Waals surface area (Å²) in [5, 5.41) is 0. The average molecular weight is 1040 g/mol. The Morgan fingerprint density at radius 2 is 0.446 bits per heavy atom. The molecule has 0 aliphatic heterocycles. The van der Waals surface area contributed by atoms with Crippen LogP contribution in [0, 0.1) is 0 Å². The predicted octanol–water partition coefficient (Wildman–Crippen LogP) is 22.6. The van der Waals surface area contributed by atoms with Gasteiger partial charge in [0.2, 0.25) is 0 Å². The van der Waals surface area contributed by atoms with E-state index in [4.69, 9.17) is 14.2 Å². The van der Waals surface area contributed by atoms with Gasteiger partial charge in [-0.3, -0.25) is 14.4 Å². The van der Waals surface area contributed by atoms with Gasteiger partial charge in [-0.25, -0.2) is 0 Å². The van der Waals surface area contributed by atoms with Crippen LogP contribution in [0.5, 0.6) is 0 Å². The largest absolute Gasteiger partial charge is 0.462 e. The second-order valence-electron chi connectivity index (χ2n) is 22.7. The van der Waals surface area contributed by atoms with Crippen molar-refractivity contribution in [3.63, 3.8) is 0 Å². The third kappa shape index (κ3) is 60.8. The third-order valence-corrected chi connectivity index (χ3v) is 15.2. The Morgan fingerprint density at radius 3 is 0.676 bits per heavy atom. The first-order valence-corrected chi connectivity index (χ1v) is 33.3. The van der Waals surface area contributed by atoms with E-state index in [1.807, 2.05) is 0 Å². The zero-order valence-electron chi connectivity index (χ0n) is 50.1. The zero-order valence-corrected chi connectivity index (χ0v) is 50.1. The molecule has 0 fully saturated rings. The van der Waals surface area contributed by atoms with Crippen LogP contribution >= 0.6 is 0 Å². The summed E-state index contributed by atoms with van der Waals surface area (Å²) in [6.45, 7) is 6.68. The molecule has 0 radical (unpaired) electrons. The number of unbranched alkanes of at least 4 members (excludes halogenated alkanes) is 47. The van der Waals surface area contributed by atoms with Crippen LogP contribution < -0.4 is 0 Å². The molecule has 0 aliphatic rings. The maximum atomic E-state index is 12.9. The van der Waals surface area contributed by atoms with Crippen molar-refractivity contribution in [2.75, 3.05) is 13.2 Å². The minimum Gasteiger partial charge on any atom is -0.462 e. The van der Waals surface area contributed by atoms with E-state index in [2.05, 4.69) is 45.1 Å². The van der Waals surface area contributed by atoms with E-state index in [9.17, 15) is 14.4 Å². The smallest absolute Gasteiger partial charge is 0.306 e. The summed E-state index contributed by atoms with van der Waals surface area (Å²) in [6, 6.07) is 0. The molecule has 74 heavy (non-hydrogen) atoms. The van der Waals surface area contributed by atoms with Crippen LogP contribution in [0.4, 0.5) is 0 Å². The maximum Gasteiger partial charge on any atom is 0.306 e. The lowest BCUT2D eigenvalue weighted by Gasteiger charge is -2.18. The van der Waals surface area contributed by atoms with Crippen molar-refractivity contribution < 1.29 is 28.6 Å². The Balaban J connectivity index is 4.10. The van der Waals surface area contributed by atoms with E-state index in [-0.39, 0.29) is 31.1 Å². The molecule has 0 amide bonds. The van der Waals surface area contributed by atoms with Gasteiger partial charge in [0.25, 0.3) is 0 Å². The number of rotatable bonds is 62. The van der Waals surface area contributed by atoms with Crippen molar-refractivity contribution in [3.8, 4) is 0 Å². The molecular weight excluding hydrogens is 913 g/mol. The number of allylic oxidation sites excluding steroid dienone is 4. The zero-order chi connectivity index (χ0) is 53.6. The fourth-order valence-electron chi connectivity index (χ4n) is 10.1. The molecule has 0 heterocycles. The third-order valence-electron chi connectivity index (χ3n) is 15.2. The predicted molar refractivity (Wildman–Crippen MR) is 321 cm³/mol. The number of carbonyl (C=O) groups is 3. The lowest BCUT2D eigenvalue weighted by molar-refractivity contribution is -0.167. The van der Waals surface area contributed by atoms with Crippen molar-refractivity contribution in [2.24, 2.45) is 0 Å². The van der Waals surface area contributed by atoms with Crippen LogP contribution in [0.2, 0.25) is 0 Å². The van der Waals surface area contributed by atoms with E-state index >= 15 is 0 Å². The normalized spacial score (nSPS) is 12.1. The molecule has 1 unspecified atom stereocenters. The Kier molecular flexibility index (Phi) is 61.6. The highest BCUT2D eigenvalue weighted by molar-refractivity contribution is 5.71.